The molecule has 2 heterocycles. The molecule has 15 heavy (non-hydrogen) atoms. The normalized spacial score (nSPS) is 22.9. The molecule has 0 amide bonds. The standard InChI is InChI=1S/C9H12ClN3OS/c10-8-4-9(13-6-12-8)15(14)5-7-2-1-3-11-7/h4,6-7,11H,1-3,5H2. The monoisotopic (exact) mass is 245 g/mol. The second-order valence-corrected chi connectivity index (χ2v) is 5.31. The summed E-state index contributed by atoms with van der Waals surface area (Å²) in [5, 5.41) is 4.16. The molecule has 2 rings (SSSR count). The lowest BCUT2D eigenvalue weighted by Crippen LogP contribution is -2.27. The van der Waals surface area contributed by atoms with Gasteiger partial charge in [-0.3, -0.25) is 4.21 Å². The number of aromatic nitrogens is 2. The van der Waals surface area contributed by atoms with Crippen LogP contribution < -0.4 is 5.32 Å². The minimum atomic E-state index is -1.08. The van der Waals surface area contributed by atoms with Crippen LogP contribution in [0, 0.1) is 0 Å². The van der Waals surface area contributed by atoms with Crippen molar-refractivity contribution < 1.29 is 4.21 Å². The van der Waals surface area contributed by atoms with Crippen molar-refractivity contribution >= 4 is 22.4 Å². The molecule has 2 atom stereocenters. The Morgan fingerprint density at radius 1 is 1.60 bits per heavy atom. The van der Waals surface area contributed by atoms with Gasteiger partial charge < -0.3 is 5.32 Å². The SMILES string of the molecule is O=S(CC1CCCN1)c1cc(Cl)ncn1. The van der Waals surface area contributed by atoms with Crippen LogP contribution in [-0.2, 0) is 10.8 Å². The van der Waals surface area contributed by atoms with Gasteiger partial charge in [-0.1, -0.05) is 11.6 Å². The summed E-state index contributed by atoms with van der Waals surface area (Å²) in [6.07, 6.45) is 3.59. The first-order chi connectivity index (χ1) is 7.25. The van der Waals surface area contributed by atoms with Crippen LogP contribution in [0.25, 0.3) is 0 Å². The first-order valence-corrected chi connectivity index (χ1v) is 6.55. The average Bonchev–Trinajstić information content (AvgIpc) is 2.70. The molecule has 1 saturated heterocycles. The Hall–Kier alpha value is -0.520. The van der Waals surface area contributed by atoms with Crippen LogP contribution in [0.15, 0.2) is 17.4 Å². The Balaban J connectivity index is 2.01. The van der Waals surface area contributed by atoms with Gasteiger partial charge in [0.25, 0.3) is 0 Å². The lowest BCUT2D eigenvalue weighted by molar-refractivity contribution is 0.641. The predicted molar refractivity (Wildman–Crippen MR) is 59.3 cm³/mol. The van der Waals surface area contributed by atoms with Gasteiger partial charge in [-0.25, -0.2) is 9.97 Å². The summed E-state index contributed by atoms with van der Waals surface area (Å²) in [7, 11) is -1.08. The molecular weight excluding hydrogens is 234 g/mol. The summed E-state index contributed by atoms with van der Waals surface area (Å²) in [4.78, 5) is 7.72. The summed E-state index contributed by atoms with van der Waals surface area (Å²) >= 11 is 5.70. The van der Waals surface area contributed by atoms with Crippen molar-refractivity contribution in [3.63, 3.8) is 0 Å². The van der Waals surface area contributed by atoms with Gasteiger partial charge in [-0.2, -0.15) is 0 Å². The molecule has 4 nitrogen and oxygen atoms in total. The molecule has 6 heteroatoms. The Morgan fingerprint density at radius 2 is 2.47 bits per heavy atom. The van der Waals surface area contributed by atoms with Gasteiger partial charge in [0.05, 0.1) is 10.8 Å². The number of rotatable bonds is 3. The van der Waals surface area contributed by atoms with E-state index in [4.69, 9.17) is 11.6 Å². The maximum atomic E-state index is 11.9. The van der Waals surface area contributed by atoms with E-state index in [2.05, 4.69) is 15.3 Å². The van der Waals surface area contributed by atoms with Crippen molar-refractivity contribution in [3.05, 3.63) is 17.5 Å². The van der Waals surface area contributed by atoms with Crippen LogP contribution in [-0.4, -0.2) is 32.5 Å². The molecule has 0 spiro atoms. The minimum Gasteiger partial charge on any atom is -0.313 e. The van der Waals surface area contributed by atoms with Crippen molar-refractivity contribution in [2.75, 3.05) is 12.3 Å². The van der Waals surface area contributed by atoms with E-state index in [1.807, 2.05) is 0 Å². The smallest absolute Gasteiger partial charge is 0.133 e. The van der Waals surface area contributed by atoms with Gasteiger partial charge in [0.1, 0.15) is 16.5 Å². The molecule has 0 saturated carbocycles. The number of nitrogens with zero attached hydrogens (tertiary/aromatic N) is 2. The van der Waals surface area contributed by atoms with Gasteiger partial charge in [-0.05, 0) is 19.4 Å². The van der Waals surface area contributed by atoms with Gasteiger partial charge >= 0.3 is 0 Å². The maximum Gasteiger partial charge on any atom is 0.133 e. The molecule has 1 aromatic heterocycles. The van der Waals surface area contributed by atoms with E-state index in [0.29, 0.717) is 22.0 Å². The van der Waals surface area contributed by atoms with Crippen molar-refractivity contribution in [2.24, 2.45) is 0 Å². The number of halogens is 1. The molecule has 0 aromatic carbocycles. The average molecular weight is 246 g/mol. The quantitative estimate of drug-likeness (QED) is 0.807. The molecule has 1 fully saturated rings. The zero-order chi connectivity index (χ0) is 10.7. The van der Waals surface area contributed by atoms with Crippen molar-refractivity contribution in [2.45, 2.75) is 23.9 Å². The van der Waals surface area contributed by atoms with Crippen LogP contribution in [0.4, 0.5) is 0 Å². The fourth-order valence-corrected chi connectivity index (χ4v) is 3.05. The van der Waals surface area contributed by atoms with Gasteiger partial charge in [0.15, 0.2) is 0 Å². The van der Waals surface area contributed by atoms with Gasteiger partial charge in [0.2, 0.25) is 0 Å². The highest BCUT2D eigenvalue weighted by atomic mass is 35.5. The first kappa shape index (κ1) is 11.0. The zero-order valence-corrected chi connectivity index (χ0v) is 9.72. The highest BCUT2D eigenvalue weighted by Gasteiger charge is 2.18. The van der Waals surface area contributed by atoms with Crippen molar-refractivity contribution in [1.29, 1.82) is 0 Å². The number of hydrogen-bond donors (Lipinski definition) is 1. The third-order valence-electron chi connectivity index (χ3n) is 2.36. The molecule has 82 valence electrons. The summed E-state index contributed by atoms with van der Waals surface area (Å²) < 4.78 is 11.9. The van der Waals surface area contributed by atoms with Crippen LogP contribution in [0.1, 0.15) is 12.8 Å². The lowest BCUT2D eigenvalue weighted by atomic mass is 10.3. The largest absolute Gasteiger partial charge is 0.313 e. The van der Waals surface area contributed by atoms with Crippen molar-refractivity contribution in [3.8, 4) is 0 Å². The molecule has 1 aliphatic heterocycles. The zero-order valence-electron chi connectivity index (χ0n) is 8.15. The number of hydrogen-bond acceptors (Lipinski definition) is 4. The minimum absolute atomic E-state index is 0.340. The van der Waals surface area contributed by atoms with Crippen LogP contribution in [0.3, 0.4) is 0 Å². The first-order valence-electron chi connectivity index (χ1n) is 4.85. The van der Waals surface area contributed by atoms with Crippen LogP contribution >= 0.6 is 11.6 Å². The Labute approximate surface area is 95.9 Å². The van der Waals surface area contributed by atoms with Gasteiger partial charge in [0, 0.05) is 17.9 Å². The highest BCUT2D eigenvalue weighted by molar-refractivity contribution is 7.85. The molecule has 1 N–H and O–H groups in total. The Kier molecular flexibility index (Phi) is 3.66. The molecule has 0 radical (unpaired) electrons. The Bertz CT molecular complexity index is 368. The summed E-state index contributed by atoms with van der Waals surface area (Å²) in [6, 6.07) is 1.91. The molecular formula is C9H12ClN3OS. The summed E-state index contributed by atoms with van der Waals surface area (Å²) in [5.41, 5.74) is 0. The second kappa shape index (κ2) is 5.01. The molecule has 1 aromatic rings. The molecule has 2 unspecified atom stereocenters. The topological polar surface area (TPSA) is 54.9 Å². The lowest BCUT2D eigenvalue weighted by Gasteiger charge is -2.08. The predicted octanol–water partition coefficient (Wildman–Crippen LogP) is 0.990. The third-order valence-corrected chi connectivity index (χ3v) is 3.96. The fraction of sp³-hybridized carbons (Fsp3) is 0.556. The van der Waals surface area contributed by atoms with Gasteiger partial charge in [-0.15, -0.1) is 0 Å². The second-order valence-electron chi connectivity index (χ2n) is 3.48. The summed E-state index contributed by atoms with van der Waals surface area (Å²) in [5.74, 6) is 0.605. The Morgan fingerprint density at radius 3 is 3.13 bits per heavy atom. The number of nitrogens with one attached hydrogen (secondary N) is 1. The maximum absolute atomic E-state index is 11.9. The van der Waals surface area contributed by atoms with E-state index < -0.39 is 10.8 Å². The van der Waals surface area contributed by atoms with E-state index >= 15 is 0 Å². The van der Waals surface area contributed by atoms with E-state index in [1.54, 1.807) is 6.07 Å². The van der Waals surface area contributed by atoms with E-state index in [1.165, 1.54) is 6.33 Å². The summed E-state index contributed by atoms with van der Waals surface area (Å²) in [6.45, 7) is 1.02. The van der Waals surface area contributed by atoms with E-state index in [-0.39, 0.29) is 0 Å². The molecule has 1 aliphatic rings. The van der Waals surface area contributed by atoms with Crippen LogP contribution in [0.2, 0.25) is 5.15 Å². The van der Waals surface area contributed by atoms with Crippen molar-refractivity contribution in [1.82, 2.24) is 15.3 Å². The van der Waals surface area contributed by atoms with Crippen LogP contribution in [0.5, 0.6) is 0 Å². The third kappa shape index (κ3) is 2.96. The fourth-order valence-electron chi connectivity index (χ4n) is 1.61. The molecule has 0 bridgehead atoms. The molecule has 0 aliphatic carbocycles. The highest BCUT2D eigenvalue weighted by Crippen LogP contribution is 2.12. The van der Waals surface area contributed by atoms with E-state index in [0.717, 1.165) is 19.4 Å². The van der Waals surface area contributed by atoms with E-state index in [9.17, 15) is 4.21 Å².